The van der Waals surface area contributed by atoms with Crippen molar-refractivity contribution in [3.8, 4) is 5.75 Å². The lowest BCUT2D eigenvalue weighted by molar-refractivity contribution is 0.279. The molecule has 0 aliphatic carbocycles. The summed E-state index contributed by atoms with van der Waals surface area (Å²) in [6.45, 7) is 3.52. The second-order valence-electron chi connectivity index (χ2n) is 2.83. The zero-order chi connectivity index (χ0) is 9.52. The van der Waals surface area contributed by atoms with Crippen LogP contribution in [0.3, 0.4) is 0 Å². The molecule has 2 nitrogen and oxygen atoms in total. The van der Waals surface area contributed by atoms with E-state index in [9.17, 15) is 0 Å². The lowest BCUT2D eigenvalue weighted by atomic mass is 10.2. The standard InChI is InChI=1S/C10H13IO2/c1-9-3-5-10(6-4-9)12-7-2-8-13-11/h3-6H,2,7-8H2,1H3. The molecular formula is C10H13IO2. The Kier molecular flexibility index (Phi) is 5.15. The van der Waals surface area contributed by atoms with Gasteiger partial charge in [-0.3, -0.25) is 0 Å². The van der Waals surface area contributed by atoms with Gasteiger partial charge in [-0.2, -0.15) is 0 Å². The Bertz CT molecular complexity index is 233. The Balaban J connectivity index is 2.25. The summed E-state index contributed by atoms with van der Waals surface area (Å²) in [5.41, 5.74) is 1.25. The zero-order valence-electron chi connectivity index (χ0n) is 7.63. The zero-order valence-corrected chi connectivity index (χ0v) is 9.78. The van der Waals surface area contributed by atoms with Crippen molar-refractivity contribution in [2.45, 2.75) is 13.3 Å². The number of halogens is 1. The van der Waals surface area contributed by atoms with Crippen molar-refractivity contribution in [2.75, 3.05) is 13.2 Å². The lowest BCUT2D eigenvalue weighted by Gasteiger charge is -2.04. The van der Waals surface area contributed by atoms with Crippen LogP contribution in [-0.4, -0.2) is 13.2 Å². The van der Waals surface area contributed by atoms with Crippen molar-refractivity contribution >= 4 is 23.0 Å². The molecule has 0 aromatic heterocycles. The van der Waals surface area contributed by atoms with E-state index in [1.165, 1.54) is 5.56 Å². The number of hydrogen-bond donors (Lipinski definition) is 0. The molecule has 0 heterocycles. The van der Waals surface area contributed by atoms with Crippen molar-refractivity contribution < 1.29 is 7.80 Å². The van der Waals surface area contributed by atoms with Gasteiger partial charge in [-0.1, -0.05) is 17.7 Å². The highest BCUT2D eigenvalue weighted by atomic mass is 127. The molecule has 0 fully saturated rings. The highest BCUT2D eigenvalue weighted by molar-refractivity contribution is 14.1. The van der Waals surface area contributed by atoms with E-state index in [0.29, 0.717) is 6.61 Å². The molecular weight excluding hydrogens is 279 g/mol. The molecule has 0 saturated carbocycles. The fraction of sp³-hybridized carbons (Fsp3) is 0.400. The van der Waals surface area contributed by atoms with Crippen LogP contribution in [-0.2, 0) is 3.07 Å². The van der Waals surface area contributed by atoms with Crippen LogP contribution in [0.25, 0.3) is 0 Å². The first-order valence-corrected chi connectivity index (χ1v) is 5.14. The Morgan fingerprint density at radius 1 is 1.15 bits per heavy atom. The molecule has 0 radical (unpaired) electrons. The van der Waals surface area contributed by atoms with E-state index in [1.807, 2.05) is 47.3 Å². The van der Waals surface area contributed by atoms with Gasteiger partial charge in [0.15, 0.2) is 0 Å². The van der Waals surface area contributed by atoms with Crippen molar-refractivity contribution in [3.05, 3.63) is 29.8 Å². The SMILES string of the molecule is Cc1ccc(OCCCOI)cc1. The predicted octanol–water partition coefficient (Wildman–Crippen LogP) is 3.13. The summed E-state index contributed by atoms with van der Waals surface area (Å²) in [6.07, 6.45) is 0.927. The van der Waals surface area contributed by atoms with Gasteiger partial charge in [0.05, 0.1) is 13.2 Å². The van der Waals surface area contributed by atoms with Gasteiger partial charge in [0.1, 0.15) is 28.8 Å². The van der Waals surface area contributed by atoms with Gasteiger partial charge < -0.3 is 7.80 Å². The molecule has 0 N–H and O–H groups in total. The maximum Gasteiger partial charge on any atom is 0.119 e. The number of aryl methyl sites for hydroxylation is 1. The molecule has 1 aromatic carbocycles. The summed E-state index contributed by atoms with van der Waals surface area (Å²) >= 11 is 1.89. The molecule has 72 valence electrons. The van der Waals surface area contributed by atoms with Crippen LogP contribution >= 0.6 is 23.0 Å². The van der Waals surface area contributed by atoms with Gasteiger partial charge in [-0.25, -0.2) is 0 Å². The van der Waals surface area contributed by atoms with E-state index in [4.69, 9.17) is 7.80 Å². The molecule has 0 aliphatic rings. The third-order valence-corrected chi connectivity index (χ3v) is 2.10. The van der Waals surface area contributed by atoms with Gasteiger partial charge >= 0.3 is 0 Å². The average Bonchev–Trinajstić information content (AvgIpc) is 2.15. The van der Waals surface area contributed by atoms with Crippen LogP contribution in [0.4, 0.5) is 0 Å². The minimum Gasteiger partial charge on any atom is -0.494 e. The van der Waals surface area contributed by atoms with E-state index in [0.717, 1.165) is 18.8 Å². The smallest absolute Gasteiger partial charge is 0.119 e. The minimum atomic E-state index is 0.714. The molecule has 0 amide bonds. The number of hydrogen-bond acceptors (Lipinski definition) is 2. The van der Waals surface area contributed by atoms with Crippen molar-refractivity contribution in [3.63, 3.8) is 0 Å². The molecule has 0 unspecified atom stereocenters. The molecule has 0 aliphatic heterocycles. The highest BCUT2D eigenvalue weighted by Crippen LogP contribution is 2.11. The Morgan fingerprint density at radius 3 is 2.46 bits per heavy atom. The summed E-state index contributed by atoms with van der Waals surface area (Å²) in [4.78, 5) is 0. The monoisotopic (exact) mass is 292 g/mol. The lowest BCUT2D eigenvalue weighted by Crippen LogP contribution is -1.99. The van der Waals surface area contributed by atoms with Crippen LogP contribution in [0, 0.1) is 6.92 Å². The van der Waals surface area contributed by atoms with Crippen LogP contribution in [0.1, 0.15) is 12.0 Å². The quantitative estimate of drug-likeness (QED) is 0.613. The first-order valence-electron chi connectivity index (χ1n) is 4.26. The topological polar surface area (TPSA) is 18.5 Å². The summed E-state index contributed by atoms with van der Waals surface area (Å²) in [5, 5.41) is 0. The van der Waals surface area contributed by atoms with Gasteiger partial charge in [-0.15, -0.1) is 0 Å². The van der Waals surface area contributed by atoms with Gasteiger partial charge in [-0.05, 0) is 19.1 Å². The van der Waals surface area contributed by atoms with Gasteiger partial charge in [0, 0.05) is 6.42 Å². The average molecular weight is 292 g/mol. The van der Waals surface area contributed by atoms with Gasteiger partial charge in [0.2, 0.25) is 0 Å². The molecule has 0 saturated heterocycles. The fourth-order valence-electron chi connectivity index (χ4n) is 0.938. The third-order valence-electron chi connectivity index (χ3n) is 1.66. The second-order valence-corrected chi connectivity index (χ2v) is 3.45. The molecule has 1 rings (SSSR count). The molecule has 13 heavy (non-hydrogen) atoms. The van der Waals surface area contributed by atoms with Crippen LogP contribution in [0.2, 0.25) is 0 Å². The molecule has 0 bridgehead atoms. The van der Waals surface area contributed by atoms with Crippen molar-refractivity contribution in [2.24, 2.45) is 0 Å². The first kappa shape index (κ1) is 10.8. The summed E-state index contributed by atoms with van der Waals surface area (Å²) in [7, 11) is 0. The van der Waals surface area contributed by atoms with Crippen LogP contribution in [0.5, 0.6) is 5.75 Å². The summed E-state index contributed by atoms with van der Waals surface area (Å²) < 4.78 is 10.4. The number of rotatable bonds is 5. The minimum absolute atomic E-state index is 0.714. The molecule has 3 heteroatoms. The van der Waals surface area contributed by atoms with Gasteiger partial charge in [0.25, 0.3) is 0 Å². The summed E-state index contributed by atoms with van der Waals surface area (Å²) in [5.74, 6) is 0.930. The normalized spacial score (nSPS) is 10.0. The Hall–Kier alpha value is -0.290. The fourth-order valence-corrected chi connectivity index (χ4v) is 1.25. The van der Waals surface area contributed by atoms with E-state index < -0.39 is 0 Å². The second kappa shape index (κ2) is 6.21. The first-order chi connectivity index (χ1) is 6.33. The Morgan fingerprint density at radius 2 is 1.85 bits per heavy atom. The Labute approximate surface area is 92.9 Å². The van der Waals surface area contributed by atoms with E-state index in [-0.39, 0.29) is 0 Å². The van der Waals surface area contributed by atoms with Crippen molar-refractivity contribution in [1.29, 1.82) is 0 Å². The van der Waals surface area contributed by atoms with E-state index in [1.54, 1.807) is 0 Å². The molecule has 0 spiro atoms. The van der Waals surface area contributed by atoms with E-state index >= 15 is 0 Å². The summed E-state index contributed by atoms with van der Waals surface area (Å²) in [6, 6.07) is 8.06. The maximum atomic E-state index is 5.48. The predicted molar refractivity (Wildman–Crippen MR) is 61.3 cm³/mol. The highest BCUT2D eigenvalue weighted by Gasteiger charge is 1.92. The van der Waals surface area contributed by atoms with Crippen molar-refractivity contribution in [1.82, 2.24) is 0 Å². The van der Waals surface area contributed by atoms with Crippen LogP contribution in [0.15, 0.2) is 24.3 Å². The van der Waals surface area contributed by atoms with Crippen LogP contribution < -0.4 is 4.74 Å². The van der Waals surface area contributed by atoms with E-state index in [2.05, 4.69) is 6.92 Å². The maximum absolute atomic E-state index is 5.48. The molecule has 0 atom stereocenters. The number of benzene rings is 1. The number of ether oxygens (including phenoxy) is 1. The molecule has 1 aromatic rings. The third kappa shape index (κ3) is 4.47. The largest absolute Gasteiger partial charge is 0.494 e.